The Morgan fingerprint density at radius 2 is 1.83 bits per heavy atom. The van der Waals surface area contributed by atoms with E-state index in [1.165, 1.54) is 0 Å². The summed E-state index contributed by atoms with van der Waals surface area (Å²) in [6.07, 6.45) is 1.66. The third-order valence-electron chi connectivity index (χ3n) is 4.94. The van der Waals surface area contributed by atoms with Crippen LogP contribution in [0.3, 0.4) is 0 Å². The van der Waals surface area contributed by atoms with Gasteiger partial charge in [0.1, 0.15) is 18.2 Å². The third kappa shape index (κ3) is 5.37. The van der Waals surface area contributed by atoms with E-state index in [0.717, 1.165) is 47.6 Å². The van der Waals surface area contributed by atoms with Crippen LogP contribution in [0.2, 0.25) is 0 Å². The molecule has 0 fully saturated rings. The molecule has 0 aliphatic heterocycles. The summed E-state index contributed by atoms with van der Waals surface area (Å²) in [5.74, 6) is 2.03. The van der Waals surface area contributed by atoms with Gasteiger partial charge in [0.2, 0.25) is 5.91 Å². The molecule has 1 heterocycles. The molecule has 154 valence electrons. The summed E-state index contributed by atoms with van der Waals surface area (Å²) in [6, 6.07) is 16.3. The fraction of sp³-hybridized carbons (Fsp3) is 0.417. The summed E-state index contributed by atoms with van der Waals surface area (Å²) in [4.78, 5) is 16.9. The Morgan fingerprint density at radius 1 is 1.10 bits per heavy atom. The molecule has 5 nitrogen and oxygen atoms in total. The van der Waals surface area contributed by atoms with E-state index in [0.29, 0.717) is 13.2 Å². The molecule has 0 radical (unpaired) electrons. The van der Waals surface area contributed by atoms with Gasteiger partial charge >= 0.3 is 0 Å². The molecule has 1 N–H and O–H groups in total. The number of amides is 1. The van der Waals surface area contributed by atoms with Crippen LogP contribution in [0.1, 0.15) is 38.6 Å². The van der Waals surface area contributed by atoms with Crippen LogP contribution in [-0.2, 0) is 17.8 Å². The number of ether oxygens (including phenoxy) is 1. The molecule has 0 bridgehead atoms. The molecule has 0 aliphatic carbocycles. The summed E-state index contributed by atoms with van der Waals surface area (Å²) < 4.78 is 8.24. The quantitative estimate of drug-likeness (QED) is 0.573. The van der Waals surface area contributed by atoms with E-state index < -0.39 is 0 Å². The van der Waals surface area contributed by atoms with Crippen molar-refractivity contribution in [2.75, 3.05) is 13.2 Å². The zero-order chi connectivity index (χ0) is 20.9. The van der Waals surface area contributed by atoms with Crippen LogP contribution in [0, 0.1) is 12.3 Å². The van der Waals surface area contributed by atoms with E-state index in [1.54, 1.807) is 0 Å². The Bertz CT molecular complexity index is 970. The van der Waals surface area contributed by atoms with Gasteiger partial charge in [-0.2, -0.15) is 0 Å². The molecule has 2 aromatic carbocycles. The minimum atomic E-state index is -0.361. The molecule has 1 aromatic heterocycles. The molecule has 3 rings (SSSR count). The van der Waals surface area contributed by atoms with Gasteiger partial charge in [-0.15, -0.1) is 0 Å². The first-order valence-electron chi connectivity index (χ1n) is 10.3. The fourth-order valence-electron chi connectivity index (χ4n) is 3.24. The fourth-order valence-corrected chi connectivity index (χ4v) is 3.24. The number of rotatable bonds is 8. The van der Waals surface area contributed by atoms with Crippen molar-refractivity contribution in [1.82, 2.24) is 14.9 Å². The van der Waals surface area contributed by atoms with Gasteiger partial charge in [0.05, 0.1) is 17.6 Å². The number of hydrogen-bond acceptors (Lipinski definition) is 3. The monoisotopic (exact) mass is 393 g/mol. The first-order valence-corrected chi connectivity index (χ1v) is 10.3. The standard InChI is InChI=1S/C24H31N3O2/c1-18-10-5-8-13-21(18)29-17-16-27-20-12-7-6-11-19(20)26-22(27)14-9-15-25-23(28)24(2,3)4/h5-8,10-13H,9,14-17H2,1-4H3,(H,25,28). The van der Waals surface area contributed by atoms with Crippen molar-refractivity contribution in [3.8, 4) is 5.75 Å². The van der Waals surface area contributed by atoms with Crippen LogP contribution in [0.15, 0.2) is 48.5 Å². The maximum absolute atomic E-state index is 12.0. The third-order valence-corrected chi connectivity index (χ3v) is 4.94. The smallest absolute Gasteiger partial charge is 0.225 e. The van der Waals surface area contributed by atoms with Crippen molar-refractivity contribution in [2.45, 2.75) is 47.1 Å². The lowest BCUT2D eigenvalue weighted by molar-refractivity contribution is -0.128. The van der Waals surface area contributed by atoms with Crippen molar-refractivity contribution in [3.63, 3.8) is 0 Å². The van der Waals surface area contributed by atoms with Gasteiger partial charge in [0.25, 0.3) is 0 Å². The van der Waals surface area contributed by atoms with Crippen LogP contribution < -0.4 is 10.1 Å². The molecule has 3 aromatic rings. The molecule has 29 heavy (non-hydrogen) atoms. The molecule has 0 spiro atoms. The van der Waals surface area contributed by atoms with Crippen molar-refractivity contribution < 1.29 is 9.53 Å². The van der Waals surface area contributed by atoms with Gasteiger partial charge in [-0.25, -0.2) is 4.98 Å². The zero-order valence-corrected chi connectivity index (χ0v) is 17.9. The average molecular weight is 394 g/mol. The van der Waals surface area contributed by atoms with Gasteiger partial charge in [-0.05, 0) is 37.1 Å². The van der Waals surface area contributed by atoms with Crippen molar-refractivity contribution in [3.05, 3.63) is 59.9 Å². The predicted octanol–water partition coefficient (Wildman–Crippen LogP) is 4.52. The minimum absolute atomic E-state index is 0.0811. The lowest BCUT2D eigenvalue weighted by Crippen LogP contribution is -2.35. The van der Waals surface area contributed by atoms with Gasteiger partial charge in [0, 0.05) is 18.4 Å². The van der Waals surface area contributed by atoms with Crippen LogP contribution >= 0.6 is 0 Å². The van der Waals surface area contributed by atoms with E-state index in [1.807, 2.05) is 57.2 Å². The summed E-state index contributed by atoms with van der Waals surface area (Å²) in [7, 11) is 0. The number of imidazole rings is 1. The number of nitrogens with zero attached hydrogens (tertiary/aromatic N) is 2. The summed E-state index contributed by atoms with van der Waals surface area (Å²) >= 11 is 0. The average Bonchev–Trinajstić information content (AvgIpc) is 3.03. The molecule has 0 atom stereocenters. The molecular formula is C24H31N3O2. The topological polar surface area (TPSA) is 56.1 Å². The number of fused-ring (bicyclic) bond motifs is 1. The van der Waals surface area contributed by atoms with E-state index in [-0.39, 0.29) is 11.3 Å². The van der Waals surface area contributed by atoms with E-state index in [4.69, 9.17) is 9.72 Å². The molecule has 0 unspecified atom stereocenters. The Morgan fingerprint density at radius 3 is 2.59 bits per heavy atom. The highest BCUT2D eigenvalue weighted by atomic mass is 16.5. The number of nitrogens with one attached hydrogen (secondary N) is 1. The second-order valence-corrected chi connectivity index (χ2v) is 8.39. The lowest BCUT2D eigenvalue weighted by atomic mass is 9.96. The van der Waals surface area contributed by atoms with E-state index in [9.17, 15) is 4.79 Å². The lowest BCUT2D eigenvalue weighted by Gasteiger charge is -2.17. The maximum Gasteiger partial charge on any atom is 0.225 e. The maximum atomic E-state index is 12.0. The molecule has 0 saturated heterocycles. The molecule has 0 aliphatic rings. The Labute approximate surface area is 173 Å². The van der Waals surface area contributed by atoms with E-state index in [2.05, 4.69) is 28.9 Å². The summed E-state index contributed by atoms with van der Waals surface area (Å²) in [6.45, 7) is 9.80. The Hall–Kier alpha value is -2.82. The second-order valence-electron chi connectivity index (χ2n) is 8.39. The molecule has 1 amide bonds. The van der Waals surface area contributed by atoms with Gasteiger partial charge in [-0.1, -0.05) is 51.1 Å². The van der Waals surface area contributed by atoms with Crippen LogP contribution in [0.5, 0.6) is 5.75 Å². The number of carbonyl (C=O) groups excluding carboxylic acids is 1. The predicted molar refractivity (Wildman–Crippen MR) is 117 cm³/mol. The number of hydrogen-bond donors (Lipinski definition) is 1. The Kier molecular flexibility index (Phi) is 6.57. The minimum Gasteiger partial charge on any atom is -0.491 e. The number of aryl methyl sites for hydroxylation is 2. The highest BCUT2D eigenvalue weighted by Crippen LogP contribution is 2.19. The molecule has 5 heteroatoms. The molecular weight excluding hydrogens is 362 g/mol. The van der Waals surface area contributed by atoms with Crippen LogP contribution in [0.25, 0.3) is 11.0 Å². The normalized spacial score (nSPS) is 11.6. The Balaban J connectivity index is 1.64. The largest absolute Gasteiger partial charge is 0.491 e. The van der Waals surface area contributed by atoms with E-state index >= 15 is 0 Å². The number of aromatic nitrogens is 2. The van der Waals surface area contributed by atoms with Crippen LogP contribution in [-0.4, -0.2) is 28.6 Å². The van der Waals surface area contributed by atoms with Crippen molar-refractivity contribution >= 4 is 16.9 Å². The SMILES string of the molecule is Cc1ccccc1OCCn1c(CCCNC(=O)C(C)(C)C)nc2ccccc21. The van der Waals surface area contributed by atoms with Crippen LogP contribution in [0.4, 0.5) is 0 Å². The summed E-state index contributed by atoms with van der Waals surface area (Å²) in [5, 5.41) is 3.02. The van der Waals surface area contributed by atoms with Crippen molar-refractivity contribution in [1.29, 1.82) is 0 Å². The van der Waals surface area contributed by atoms with Crippen molar-refractivity contribution in [2.24, 2.45) is 5.41 Å². The highest BCUT2D eigenvalue weighted by Gasteiger charge is 2.20. The van der Waals surface area contributed by atoms with Gasteiger partial charge in [0.15, 0.2) is 0 Å². The van der Waals surface area contributed by atoms with Gasteiger partial charge < -0.3 is 14.6 Å². The highest BCUT2D eigenvalue weighted by molar-refractivity contribution is 5.81. The second kappa shape index (κ2) is 9.12. The molecule has 0 saturated carbocycles. The first-order chi connectivity index (χ1) is 13.9. The number of para-hydroxylation sites is 3. The number of benzene rings is 2. The summed E-state index contributed by atoms with van der Waals surface area (Å²) in [5.41, 5.74) is 2.89. The zero-order valence-electron chi connectivity index (χ0n) is 17.9. The number of carbonyl (C=O) groups is 1. The first kappa shape index (κ1) is 20.9. The van der Waals surface area contributed by atoms with Gasteiger partial charge in [-0.3, -0.25) is 4.79 Å².